The predicted molar refractivity (Wildman–Crippen MR) is 211 cm³/mol. The van der Waals surface area contributed by atoms with Crippen molar-refractivity contribution in [1.29, 1.82) is 0 Å². The van der Waals surface area contributed by atoms with Crippen molar-refractivity contribution in [2.24, 2.45) is 0 Å². The quantitative estimate of drug-likeness (QED) is 0.178. The molecule has 9 aromatic carbocycles. The lowest BCUT2D eigenvalue weighted by molar-refractivity contribution is 0.669. The lowest BCUT2D eigenvalue weighted by Crippen LogP contribution is -1.91. The van der Waals surface area contributed by atoms with Crippen LogP contribution in [0.1, 0.15) is 13.8 Å². The Bertz CT molecular complexity index is 2800. The van der Waals surface area contributed by atoms with Gasteiger partial charge < -0.3 is 4.42 Å². The Morgan fingerprint density at radius 2 is 0.755 bits per heavy atom. The summed E-state index contributed by atoms with van der Waals surface area (Å²) < 4.78 is 6.37. The molecule has 1 heteroatoms. The van der Waals surface area contributed by atoms with Crippen LogP contribution in [0.4, 0.5) is 0 Å². The highest BCUT2D eigenvalue weighted by atomic mass is 16.3. The fraction of sp³-hybridized carbons (Fsp3) is 0.0417. The van der Waals surface area contributed by atoms with E-state index in [0.717, 1.165) is 21.9 Å². The maximum Gasteiger partial charge on any atom is 0.136 e. The van der Waals surface area contributed by atoms with E-state index in [-0.39, 0.29) is 0 Å². The normalized spacial score (nSPS) is 11.5. The Kier molecular flexibility index (Phi) is 6.99. The van der Waals surface area contributed by atoms with Crippen molar-refractivity contribution in [3.63, 3.8) is 0 Å². The Balaban J connectivity index is 0.00000160. The molecule has 232 valence electrons. The number of hydrogen-bond donors (Lipinski definition) is 0. The zero-order valence-corrected chi connectivity index (χ0v) is 27.6. The van der Waals surface area contributed by atoms with Crippen LogP contribution in [0.25, 0.3) is 98.4 Å². The largest absolute Gasteiger partial charge is 0.456 e. The second kappa shape index (κ2) is 11.8. The van der Waals surface area contributed by atoms with Gasteiger partial charge in [0.05, 0.1) is 0 Å². The van der Waals surface area contributed by atoms with Crippen LogP contribution < -0.4 is 0 Å². The minimum Gasteiger partial charge on any atom is -0.456 e. The van der Waals surface area contributed by atoms with E-state index in [1.54, 1.807) is 0 Å². The van der Waals surface area contributed by atoms with Crippen molar-refractivity contribution in [2.45, 2.75) is 13.8 Å². The molecule has 0 atom stereocenters. The van der Waals surface area contributed by atoms with Gasteiger partial charge in [-0.1, -0.05) is 147 Å². The van der Waals surface area contributed by atoms with E-state index >= 15 is 0 Å². The minimum atomic E-state index is 0.912. The molecule has 0 spiro atoms. The molecule has 0 saturated heterocycles. The van der Waals surface area contributed by atoms with E-state index in [2.05, 4.69) is 170 Å². The number of furan rings is 1. The van der Waals surface area contributed by atoms with E-state index in [1.807, 2.05) is 13.8 Å². The van der Waals surface area contributed by atoms with E-state index < -0.39 is 0 Å². The highest BCUT2D eigenvalue weighted by molar-refractivity contribution is 6.22. The molecule has 0 amide bonds. The average molecular weight is 627 g/mol. The molecule has 0 bridgehead atoms. The smallest absolute Gasteiger partial charge is 0.136 e. The molecule has 0 fully saturated rings. The van der Waals surface area contributed by atoms with Gasteiger partial charge in [0.25, 0.3) is 0 Å². The van der Waals surface area contributed by atoms with Gasteiger partial charge in [0, 0.05) is 10.8 Å². The van der Waals surface area contributed by atoms with Gasteiger partial charge in [0.2, 0.25) is 0 Å². The summed E-state index contributed by atoms with van der Waals surface area (Å²) in [4.78, 5) is 0. The van der Waals surface area contributed by atoms with E-state index in [0.29, 0.717) is 0 Å². The zero-order valence-electron chi connectivity index (χ0n) is 27.6. The van der Waals surface area contributed by atoms with Crippen LogP contribution in [0.2, 0.25) is 0 Å². The van der Waals surface area contributed by atoms with Crippen LogP contribution in [-0.4, -0.2) is 0 Å². The topological polar surface area (TPSA) is 13.1 Å². The Hall–Kier alpha value is -6.18. The summed E-state index contributed by atoms with van der Waals surface area (Å²) in [5.41, 5.74) is 9.21. The first-order valence-corrected chi connectivity index (χ1v) is 17.2. The molecule has 1 heterocycles. The van der Waals surface area contributed by atoms with Crippen molar-refractivity contribution < 1.29 is 4.42 Å². The maximum atomic E-state index is 6.37. The lowest BCUT2D eigenvalue weighted by Gasteiger charge is -2.18. The first-order chi connectivity index (χ1) is 24.3. The molecule has 0 aliphatic heterocycles. The second-order valence-corrected chi connectivity index (χ2v) is 12.5. The van der Waals surface area contributed by atoms with Crippen molar-refractivity contribution in [3.05, 3.63) is 170 Å². The molecule has 10 rings (SSSR count). The van der Waals surface area contributed by atoms with Crippen molar-refractivity contribution in [1.82, 2.24) is 0 Å². The van der Waals surface area contributed by atoms with Crippen molar-refractivity contribution in [2.75, 3.05) is 0 Å². The third kappa shape index (κ3) is 4.78. The number of fused-ring (bicyclic) bond motifs is 7. The number of rotatable bonds is 3. The fourth-order valence-corrected chi connectivity index (χ4v) is 7.59. The highest BCUT2D eigenvalue weighted by Gasteiger charge is 2.18. The third-order valence-electron chi connectivity index (χ3n) is 9.79. The van der Waals surface area contributed by atoms with Crippen LogP contribution in [-0.2, 0) is 0 Å². The number of hydrogen-bond acceptors (Lipinski definition) is 1. The first-order valence-electron chi connectivity index (χ1n) is 17.2. The van der Waals surface area contributed by atoms with Crippen LogP contribution in [0.5, 0.6) is 0 Å². The Morgan fingerprint density at radius 3 is 1.41 bits per heavy atom. The summed E-state index contributed by atoms with van der Waals surface area (Å²) in [7, 11) is 0. The van der Waals surface area contributed by atoms with Gasteiger partial charge in [0.1, 0.15) is 11.2 Å². The monoisotopic (exact) mass is 626 g/mol. The van der Waals surface area contributed by atoms with Crippen molar-refractivity contribution in [3.8, 4) is 33.4 Å². The van der Waals surface area contributed by atoms with Crippen LogP contribution in [0, 0.1) is 0 Å². The molecular weight excluding hydrogens is 593 g/mol. The van der Waals surface area contributed by atoms with Gasteiger partial charge in [-0.15, -0.1) is 0 Å². The van der Waals surface area contributed by atoms with Crippen LogP contribution >= 0.6 is 0 Å². The summed E-state index contributed by atoms with van der Waals surface area (Å²) in [6, 6.07) is 61.7. The molecule has 0 radical (unpaired) electrons. The fourth-order valence-electron chi connectivity index (χ4n) is 7.59. The third-order valence-corrected chi connectivity index (χ3v) is 9.79. The van der Waals surface area contributed by atoms with Gasteiger partial charge in [-0.2, -0.15) is 0 Å². The molecule has 0 N–H and O–H groups in total. The molecule has 1 aromatic heterocycles. The summed E-state index contributed by atoms with van der Waals surface area (Å²) in [6.45, 7) is 4.00. The standard InChI is InChI=1S/C46H28O.C2H6/c1-2-11-30-24-34(21-20-29(30)10-1)31-14-9-15-35(25-31)45-37-16-5-7-18-39(37)46(40-19-8-6-17-38(40)45)36-22-23-43-41(27-36)42-26-32-12-3-4-13-33(32)28-44(42)47-43;1-2/h1-28H;1-2H3. The maximum absolute atomic E-state index is 6.37. The van der Waals surface area contributed by atoms with Gasteiger partial charge in [0.15, 0.2) is 0 Å². The van der Waals surface area contributed by atoms with Gasteiger partial charge in [-0.3, -0.25) is 0 Å². The molecule has 0 unspecified atom stereocenters. The van der Waals surface area contributed by atoms with E-state index in [4.69, 9.17) is 4.42 Å². The highest BCUT2D eigenvalue weighted by Crippen LogP contribution is 2.45. The van der Waals surface area contributed by atoms with E-state index in [1.165, 1.54) is 76.5 Å². The SMILES string of the molecule is CC.c1cc(-c2ccc3ccccc3c2)cc(-c2c3ccccc3c(-c3ccc4oc5cc6ccccc6cc5c4c3)c3ccccc23)c1. The first kappa shape index (κ1) is 29.0. The molecule has 0 saturated carbocycles. The number of benzene rings is 9. The molecule has 10 aromatic rings. The molecule has 0 aliphatic rings. The van der Waals surface area contributed by atoms with Crippen LogP contribution in [0.15, 0.2) is 174 Å². The van der Waals surface area contributed by atoms with Gasteiger partial charge in [-0.25, -0.2) is 0 Å². The van der Waals surface area contributed by atoms with E-state index in [9.17, 15) is 0 Å². The van der Waals surface area contributed by atoms with Gasteiger partial charge in [-0.05, 0) is 113 Å². The zero-order chi connectivity index (χ0) is 32.9. The molecule has 1 nitrogen and oxygen atoms in total. The molecule has 49 heavy (non-hydrogen) atoms. The van der Waals surface area contributed by atoms with Gasteiger partial charge >= 0.3 is 0 Å². The average Bonchev–Trinajstić information content (AvgIpc) is 3.53. The van der Waals surface area contributed by atoms with Crippen LogP contribution in [0.3, 0.4) is 0 Å². The van der Waals surface area contributed by atoms with Crippen molar-refractivity contribution >= 4 is 65.0 Å². The second-order valence-electron chi connectivity index (χ2n) is 12.5. The summed E-state index contributed by atoms with van der Waals surface area (Å²) >= 11 is 0. The predicted octanol–water partition coefficient (Wildman–Crippen LogP) is 14.2. The lowest BCUT2D eigenvalue weighted by atomic mass is 9.85. The summed E-state index contributed by atoms with van der Waals surface area (Å²) in [6.07, 6.45) is 0. The minimum absolute atomic E-state index is 0.912. The summed E-state index contributed by atoms with van der Waals surface area (Å²) in [5.74, 6) is 0. The molecule has 0 aliphatic carbocycles. The Labute approximate surface area is 285 Å². The summed E-state index contributed by atoms with van der Waals surface area (Å²) in [5, 5.41) is 12.2. The molecular formula is C48H34O. The Morgan fingerprint density at radius 1 is 0.286 bits per heavy atom.